The number of nitro groups is 2. The lowest BCUT2D eigenvalue weighted by Crippen LogP contribution is -2.02. The molecule has 0 atom stereocenters. The predicted octanol–water partition coefficient (Wildman–Crippen LogP) is 6.49. The van der Waals surface area contributed by atoms with Crippen molar-refractivity contribution in [1.82, 2.24) is 9.55 Å². The number of halogens is 2. The minimum absolute atomic E-state index is 0.130. The molecule has 0 fully saturated rings. The second-order valence-corrected chi connectivity index (χ2v) is 9.43. The summed E-state index contributed by atoms with van der Waals surface area (Å²) in [6.45, 7) is 5.24. The standard InChI is InChI=1S/C12H13IN2O2.C8H5IN2O2/c1-8(2)6-14-7-11(13)10-5-9(15(16)17)3-4-12(10)14;9-7-4-10-8-2-1-5(11(12)13)3-6(7)8/h3-5,7-8H,6H2,1-2H3;1-4,10H. The number of nitro benzene ring substituents is 2. The van der Waals surface area contributed by atoms with E-state index < -0.39 is 0 Å². The molecule has 0 aliphatic rings. The van der Waals surface area contributed by atoms with Gasteiger partial charge < -0.3 is 9.55 Å². The van der Waals surface area contributed by atoms with Crippen molar-refractivity contribution in [3.05, 3.63) is 76.2 Å². The highest BCUT2D eigenvalue weighted by Crippen LogP contribution is 2.28. The van der Waals surface area contributed by atoms with Crippen LogP contribution in [0.15, 0.2) is 48.8 Å². The summed E-state index contributed by atoms with van der Waals surface area (Å²) in [5.41, 5.74) is 2.27. The second-order valence-electron chi connectivity index (χ2n) is 7.11. The number of nitrogens with zero attached hydrogens (tertiary/aromatic N) is 3. The summed E-state index contributed by atoms with van der Waals surface area (Å²) in [5.74, 6) is 0.552. The smallest absolute Gasteiger partial charge is 0.270 e. The first-order valence-electron chi connectivity index (χ1n) is 9.01. The van der Waals surface area contributed by atoms with Crippen molar-refractivity contribution in [2.24, 2.45) is 5.92 Å². The largest absolute Gasteiger partial charge is 0.360 e. The van der Waals surface area contributed by atoms with E-state index in [1.165, 1.54) is 6.07 Å². The molecule has 0 saturated carbocycles. The molecular formula is C20H18I2N4O4. The van der Waals surface area contributed by atoms with E-state index in [-0.39, 0.29) is 21.2 Å². The van der Waals surface area contributed by atoms with Gasteiger partial charge in [0.1, 0.15) is 0 Å². The van der Waals surface area contributed by atoms with Gasteiger partial charge in [-0.25, -0.2) is 0 Å². The highest BCUT2D eigenvalue weighted by atomic mass is 127. The van der Waals surface area contributed by atoms with Gasteiger partial charge in [0.05, 0.1) is 9.85 Å². The Morgan fingerprint density at radius 2 is 1.57 bits per heavy atom. The predicted molar refractivity (Wildman–Crippen MR) is 134 cm³/mol. The Balaban J connectivity index is 0.000000177. The Hall–Kier alpha value is -2.22. The van der Waals surface area contributed by atoms with Gasteiger partial charge in [0.15, 0.2) is 0 Å². The number of rotatable bonds is 4. The quantitative estimate of drug-likeness (QED) is 0.158. The van der Waals surface area contributed by atoms with Crippen molar-refractivity contribution in [3.8, 4) is 0 Å². The van der Waals surface area contributed by atoms with Gasteiger partial charge >= 0.3 is 0 Å². The summed E-state index contributed by atoms with van der Waals surface area (Å²) in [4.78, 5) is 23.5. The summed E-state index contributed by atoms with van der Waals surface area (Å²) in [6.07, 6.45) is 3.88. The van der Waals surface area contributed by atoms with Crippen LogP contribution in [0.2, 0.25) is 0 Å². The number of nitrogens with one attached hydrogen (secondary N) is 1. The fourth-order valence-corrected chi connectivity index (χ4v) is 4.46. The zero-order valence-corrected chi connectivity index (χ0v) is 20.4. The van der Waals surface area contributed by atoms with Crippen molar-refractivity contribution < 1.29 is 9.85 Å². The van der Waals surface area contributed by atoms with Crippen molar-refractivity contribution in [2.75, 3.05) is 0 Å². The fraction of sp³-hybridized carbons (Fsp3) is 0.200. The van der Waals surface area contributed by atoms with Gasteiger partial charge in [-0.15, -0.1) is 0 Å². The summed E-state index contributed by atoms with van der Waals surface area (Å²) in [6, 6.07) is 9.83. The average molecular weight is 632 g/mol. The minimum Gasteiger partial charge on any atom is -0.360 e. The highest BCUT2D eigenvalue weighted by Gasteiger charge is 2.12. The van der Waals surface area contributed by atoms with Gasteiger partial charge in [0.2, 0.25) is 0 Å². The summed E-state index contributed by atoms with van der Waals surface area (Å²) < 4.78 is 4.21. The van der Waals surface area contributed by atoms with E-state index in [1.54, 1.807) is 24.3 Å². The molecule has 30 heavy (non-hydrogen) atoms. The van der Waals surface area contributed by atoms with Crippen LogP contribution >= 0.6 is 45.2 Å². The van der Waals surface area contributed by atoms with Gasteiger partial charge in [-0.1, -0.05) is 13.8 Å². The van der Waals surface area contributed by atoms with Crippen LogP contribution in [0.3, 0.4) is 0 Å². The van der Waals surface area contributed by atoms with Crippen LogP contribution in [0.25, 0.3) is 21.8 Å². The first kappa shape index (κ1) is 22.5. The molecule has 0 bridgehead atoms. The summed E-state index contributed by atoms with van der Waals surface area (Å²) in [5, 5.41) is 23.1. The topological polar surface area (TPSA) is 107 Å². The normalized spacial score (nSPS) is 11.0. The van der Waals surface area contributed by atoms with Gasteiger partial charge in [-0.2, -0.15) is 0 Å². The zero-order chi connectivity index (χ0) is 22.0. The Morgan fingerprint density at radius 1 is 0.967 bits per heavy atom. The molecule has 10 heteroatoms. The number of H-pyrrole nitrogens is 1. The molecule has 2 aromatic heterocycles. The molecule has 2 heterocycles. The fourth-order valence-electron chi connectivity index (χ4n) is 3.09. The van der Waals surface area contributed by atoms with E-state index >= 15 is 0 Å². The lowest BCUT2D eigenvalue weighted by molar-refractivity contribution is -0.384. The molecule has 156 valence electrons. The highest BCUT2D eigenvalue weighted by molar-refractivity contribution is 14.1. The van der Waals surface area contributed by atoms with Crippen LogP contribution in [0.5, 0.6) is 0 Å². The number of benzene rings is 2. The SMILES string of the molecule is CC(C)Cn1cc(I)c2cc([N+](=O)[O-])ccc21.O=[N+]([O-])c1ccc2[nH]cc(I)c2c1. The Morgan fingerprint density at radius 3 is 2.17 bits per heavy atom. The molecular weight excluding hydrogens is 614 g/mol. The average Bonchev–Trinajstić information content (AvgIpc) is 3.21. The third kappa shape index (κ3) is 4.91. The molecule has 0 aliphatic heterocycles. The molecule has 0 spiro atoms. The van der Waals surface area contributed by atoms with E-state index in [1.807, 2.05) is 12.3 Å². The van der Waals surface area contributed by atoms with Crippen LogP contribution in [-0.2, 0) is 6.54 Å². The molecule has 4 aromatic rings. The Bertz CT molecular complexity index is 1250. The van der Waals surface area contributed by atoms with Gasteiger partial charge in [-0.05, 0) is 63.2 Å². The van der Waals surface area contributed by atoms with Crippen molar-refractivity contribution >= 4 is 78.4 Å². The Labute approximate surface area is 199 Å². The molecule has 0 amide bonds. The number of fused-ring (bicyclic) bond motifs is 2. The van der Waals surface area contributed by atoms with Crippen LogP contribution < -0.4 is 0 Å². The summed E-state index contributed by atoms with van der Waals surface area (Å²) >= 11 is 4.36. The van der Waals surface area contributed by atoms with Gasteiger partial charge in [0, 0.05) is 72.2 Å². The molecule has 1 N–H and O–H groups in total. The molecule has 8 nitrogen and oxygen atoms in total. The molecule has 0 radical (unpaired) electrons. The first-order chi connectivity index (χ1) is 14.2. The third-order valence-electron chi connectivity index (χ3n) is 4.41. The van der Waals surface area contributed by atoms with E-state index in [0.29, 0.717) is 5.92 Å². The van der Waals surface area contributed by atoms with Gasteiger partial charge in [0.25, 0.3) is 11.4 Å². The van der Waals surface area contributed by atoms with E-state index in [0.717, 1.165) is 35.5 Å². The summed E-state index contributed by atoms with van der Waals surface area (Å²) in [7, 11) is 0. The number of hydrogen-bond acceptors (Lipinski definition) is 4. The number of hydrogen-bond donors (Lipinski definition) is 1. The van der Waals surface area contributed by atoms with Crippen LogP contribution in [0, 0.1) is 33.3 Å². The van der Waals surface area contributed by atoms with E-state index in [9.17, 15) is 20.2 Å². The first-order valence-corrected chi connectivity index (χ1v) is 11.2. The maximum Gasteiger partial charge on any atom is 0.270 e. The zero-order valence-electron chi connectivity index (χ0n) is 16.1. The van der Waals surface area contributed by atoms with Crippen molar-refractivity contribution in [1.29, 1.82) is 0 Å². The third-order valence-corrected chi connectivity index (χ3v) is 6.17. The Kier molecular flexibility index (Phi) is 6.95. The van der Waals surface area contributed by atoms with E-state index in [4.69, 9.17) is 0 Å². The van der Waals surface area contributed by atoms with Crippen LogP contribution in [0.1, 0.15) is 13.8 Å². The minimum atomic E-state index is -0.386. The molecule has 0 saturated heterocycles. The molecule has 0 aliphatic carbocycles. The second kappa shape index (κ2) is 9.29. The monoisotopic (exact) mass is 632 g/mol. The van der Waals surface area contributed by atoms with E-state index in [2.05, 4.69) is 74.8 Å². The maximum atomic E-state index is 10.7. The lowest BCUT2D eigenvalue weighted by Gasteiger charge is -2.07. The number of aromatic nitrogens is 2. The molecule has 2 aromatic carbocycles. The van der Waals surface area contributed by atoms with Crippen molar-refractivity contribution in [2.45, 2.75) is 20.4 Å². The maximum absolute atomic E-state index is 10.7. The number of non-ortho nitro benzene ring substituents is 2. The molecule has 0 unspecified atom stereocenters. The number of aromatic amines is 1. The molecule has 4 rings (SSSR count). The lowest BCUT2D eigenvalue weighted by atomic mass is 10.2. The van der Waals surface area contributed by atoms with Crippen LogP contribution in [0.4, 0.5) is 11.4 Å². The van der Waals surface area contributed by atoms with Crippen molar-refractivity contribution in [3.63, 3.8) is 0 Å². The van der Waals surface area contributed by atoms with Gasteiger partial charge in [-0.3, -0.25) is 20.2 Å². The van der Waals surface area contributed by atoms with Crippen LogP contribution in [-0.4, -0.2) is 19.4 Å².